The van der Waals surface area contributed by atoms with E-state index in [2.05, 4.69) is 0 Å². The molecule has 2 N–H and O–H groups in total. The number of hydrogen-bond donors (Lipinski definition) is 2. The molecule has 1 unspecified atom stereocenters. The number of quaternary nitrogens is 1. The van der Waals surface area contributed by atoms with Gasteiger partial charge in [-0.2, -0.15) is 5.23 Å². The molecule has 2 aromatic heterocycles. The molecule has 3 aromatic rings. The van der Waals surface area contributed by atoms with Crippen LogP contribution in [0, 0.1) is 12.1 Å². The van der Waals surface area contributed by atoms with Crippen molar-refractivity contribution in [2.75, 3.05) is 0 Å². The number of carbonyl (C=O) groups excluding carboxylic acids is 1. The topological polar surface area (TPSA) is 91.1 Å². The first-order valence-corrected chi connectivity index (χ1v) is 7.25. The van der Waals surface area contributed by atoms with Crippen LogP contribution in [0.2, 0.25) is 0 Å². The molecule has 24 heavy (non-hydrogen) atoms. The number of carbonyl (C=O) groups is 1. The highest BCUT2D eigenvalue weighted by Gasteiger charge is 2.08. The first kappa shape index (κ1) is 15.9. The van der Waals surface area contributed by atoms with Crippen LogP contribution in [-0.2, 0) is 0 Å². The van der Waals surface area contributed by atoms with E-state index >= 15 is 0 Å². The van der Waals surface area contributed by atoms with Gasteiger partial charge in [0.25, 0.3) is 0 Å². The molecule has 0 aliphatic carbocycles. The van der Waals surface area contributed by atoms with Crippen LogP contribution in [0.15, 0.2) is 63.4 Å². The van der Waals surface area contributed by atoms with E-state index in [1.807, 2.05) is 0 Å². The lowest BCUT2D eigenvalue weighted by Crippen LogP contribution is -2.99. The van der Waals surface area contributed by atoms with E-state index < -0.39 is 5.23 Å². The number of rotatable bonds is 5. The highest BCUT2D eigenvalue weighted by molar-refractivity contribution is 6.04. The van der Waals surface area contributed by atoms with Gasteiger partial charge in [0.2, 0.25) is 5.78 Å². The molecule has 0 bridgehead atoms. The van der Waals surface area contributed by atoms with Gasteiger partial charge >= 0.3 is 0 Å². The Morgan fingerprint density at radius 3 is 2.46 bits per heavy atom. The van der Waals surface area contributed by atoms with E-state index in [0.717, 1.165) is 5.56 Å². The van der Waals surface area contributed by atoms with Gasteiger partial charge < -0.3 is 14.0 Å². The zero-order chi connectivity index (χ0) is 17.1. The van der Waals surface area contributed by atoms with E-state index in [-0.39, 0.29) is 17.2 Å². The maximum atomic E-state index is 11.9. The minimum atomic E-state index is -0.976. The molecular formula is C18H15NO5. The fourth-order valence-electron chi connectivity index (χ4n) is 2.18. The van der Waals surface area contributed by atoms with Crippen LogP contribution >= 0.6 is 0 Å². The number of aryl methyl sites for hydroxylation is 1. The minimum Gasteiger partial charge on any atom is -0.595 e. The highest BCUT2D eigenvalue weighted by Crippen LogP contribution is 2.23. The van der Waals surface area contributed by atoms with Crippen molar-refractivity contribution in [1.82, 2.24) is 0 Å². The number of hydrogen-bond acceptors (Lipinski definition) is 5. The molecule has 0 radical (unpaired) electrons. The Morgan fingerprint density at radius 2 is 1.83 bits per heavy atom. The van der Waals surface area contributed by atoms with Gasteiger partial charge in [-0.3, -0.25) is 4.79 Å². The van der Waals surface area contributed by atoms with E-state index in [4.69, 9.17) is 14.0 Å². The molecule has 6 nitrogen and oxygen atoms in total. The Morgan fingerprint density at radius 1 is 1.08 bits per heavy atom. The van der Waals surface area contributed by atoms with Crippen LogP contribution in [0.5, 0.6) is 0 Å². The lowest BCUT2D eigenvalue weighted by atomic mass is 10.1. The van der Waals surface area contributed by atoms with Crippen LogP contribution in [0.25, 0.3) is 17.4 Å². The fraction of sp³-hybridized carbons (Fsp3) is 0.0556. The van der Waals surface area contributed by atoms with Crippen molar-refractivity contribution in [2.24, 2.45) is 0 Å². The number of benzene rings is 1. The van der Waals surface area contributed by atoms with Crippen molar-refractivity contribution in [3.05, 3.63) is 77.1 Å². The standard InChI is InChI=1S/C18H15NO5/c1-12-2-10-18(23-12)16(20)9-7-15-8-11-17(24-15)13-3-5-14(6-4-13)19(21)22/h2-11,19,21H,1H3. The molecule has 0 spiro atoms. The van der Waals surface area contributed by atoms with E-state index in [0.29, 0.717) is 17.3 Å². The van der Waals surface area contributed by atoms with Gasteiger partial charge in [-0.1, -0.05) is 0 Å². The van der Waals surface area contributed by atoms with Crippen molar-refractivity contribution in [3.8, 4) is 11.3 Å². The van der Waals surface area contributed by atoms with Gasteiger partial charge in [-0.05, 0) is 55.5 Å². The maximum Gasteiger partial charge on any atom is 0.221 e. The third kappa shape index (κ3) is 3.52. The molecule has 0 saturated heterocycles. The summed E-state index contributed by atoms with van der Waals surface area (Å²) in [6, 6.07) is 13.2. The van der Waals surface area contributed by atoms with Gasteiger partial charge in [0.05, 0.1) is 0 Å². The van der Waals surface area contributed by atoms with Crippen LogP contribution < -0.4 is 5.23 Å². The van der Waals surface area contributed by atoms with Crippen molar-refractivity contribution in [3.63, 3.8) is 0 Å². The Hall–Kier alpha value is -2.93. The average molecular weight is 325 g/mol. The normalized spacial score (nSPS) is 12.6. The maximum absolute atomic E-state index is 11.9. The van der Waals surface area contributed by atoms with Crippen LogP contribution in [-0.4, -0.2) is 11.0 Å². The molecule has 2 heterocycles. The molecular weight excluding hydrogens is 310 g/mol. The second kappa shape index (κ2) is 6.67. The van der Waals surface area contributed by atoms with Crippen LogP contribution in [0.3, 0.4) is 0 Å². The Kier molecular flexibility index (Phi) is 4.43. The molecule has 1 aromatic carbocycles. The van der Waals surface area contributed by atoms with E-state index in [1.165, 1.54) is 18.2 Å². The number of furan rings is 2. The summed E-state index contributed by atoms with van der Waals surface area (Å²) in [5, 5.41) is 18.8. The van der Waals surface area contributed by atoms with Gasteiger partial charge in [-0.15, -0.1) is 0 Å². The van der Waals surface area contributed by atoms with Crippen molar-refractivity contribution in [2.45, 2.75) is 6.92 Å². The quantitative estimate of drug-likeness (QED) is 0.427. The summed E-state index contributed by atoms with van der Waals surface area (Å²) in [5.74, 6) is 1.82. The molecule has 0 saturated carbocycles. The molecule has 3 rings (SSSR count). The summed E-state index contributed by atoms with van der Waals surface area (Å²) >= 11 is 0. The summed E-state index contributed by atoms with van der Waals surface area (Å²) in [4.78, 5) is 11.9. The zero-order valence-corrected chi connectivity index (χ0v) is 12.9. The predicted molar refractivity (Wildman–Crippen MR) is 86.7 cm³/mol. The molecule has 0 fully saturated rings. The Bertz CT molecular complexity index is 871. The second-order valence-corrected chi connectivity index (χ2v) is 5.19. The van der Waals surface area contributed by atoms with Crippen molar-refractivity contribution in [1.29, 1.82) is 0 Å². The molecule has 6 heteroatoms. The number of nitrogens with one attached hydrogen (secondary N) is 1. The van der Waals surface area contributed by atoms with Crippen LogP contribution in [0.4, 0.5) is 5.69 Å². The van der Waals surface area contributed by atoms with Gasteiger partial charge in [0.15, 0.2) is 11.4 Å². The average Bonchev–Trinajstić information content (AvgIpc) is 3.22. The Balaban J connectivity index is 1.73. The predicted octanol–water partition coefficient (Wildman–Crippen LogP) is 3.15. The monoisotopic (exact) mass is 325 g/mol. The third-order valence-electron chi connectivity index (χ3n) is 3.43. The van der Waals surface area contributed by atoms with Gasteiger partial charge in [0, 0.05) is 17.7 Å². The number of ketones is 1. The van der Waals surface area contributed by atoms with E-state index in [9.17, 15) is 10.0 Å². The first-order chi connectivity index (χ1) is 11.5. The largest absolute Gasteiger partial charge is 0.595 e. The summed E-state index contributed by atoms with van der Waals surface area (Å²) in [5.41, 5.74) is 0.970. The third-order valence-corrected chi connectivity index (χ3v) is 3.43. The molecule has 0 aliphatic heterocycles. The number of allylic oxidation sites excluding steroid dienone is 1. The lowest BCUT2D eigenvalue weighted by molar-refractivity contribution is -0.991. The highest BCUT2D eigenvalue weighted by atomic mass is 16.8. The Labute approximate surface area is 137 Å². The summed E-state index contributed by atoms with van der Waals surface area (Å²) < 4.78 is 10.9. The van der Waals surface area contributed by atoms with E-state index in [1.54, 1.807) is 49.4 Å². The first-order valence-electron chi connectivity index (χ1n) is 7.25. The molecule has 1 atom stereocenters. The SMILES string of the molecule is Cc1ccc(C(=O)C=Cc2ccc(-c3ccc([NH+]([O-])O)cc3)o2)o1. The minimum absolute atomic E-state index is 0.213. The van der Waals surface area contributed by atoms with Gasteiger partial charge in [-0.25, -0.2) is 5.21 Å². The molecule has 0 amide bonds. The van der Waals surface area contributed by atoms with Crippen molar-refractivity contribution >= 4 is 17.5 Å². The second-order valence-electron chi connectivity index (χ2n) is 5.19. The fourth-order valence-corrected chi connectivity index (χ4v) is 2.18. The molecule has 0 aliphatic rings. The molecule has 122 valence electrons. The van der Waals surface area contributed by atoms with Crippen LogP contribution in [0.1, 0.15) is 22.1 Å². The summed E-state index contributed by atoms with van der Waals surface area (Å²) in [6.07, 6.45) is 2.95. The smallest absolute Gasteiger partial charge is 0.221 e. The summed E-state index contributed by atoms with van der Waals surface area (Å²) in [7, 11) is 0. The van der Waals surface area contributed by atoms with Crippen molar-refractivity contribution < 1.29 is 24.1 Å². The summed E-state index contributed by atoms with van der Waals surface area (Å²) in [6.45, 7) is 1.77. The lowest BCUT2D eigenvalue weighted by Gasteiger charge is -2.11. The zero-order valence-electron chi connectivity index (χ0n) is 12.9. The van der Waals surface area contributed by atoms with Gasteiger partial charge in [0.1, 0.15) is 17.3 Å².